The Balaban J connectivity index is 0.000000161. The Morgan fingerprint density at radius 2 is 0.548 bits per heavy atom. The van der Waals surface area contributed by atoms with Gasteiger partial charge in [0.15, 0.2) is 36.3 Å². The van der Waals surface area contributed by atoms with Crippen molar-refractivity contribution in [1.29, 1.82) is 0 Å². The molecule has 0 spiro atoms. The maximum atomic E-state index is 12.6. The topological polar surface area (TPSA) is 345 Å². The van der Waals surface area contributed by atoms with Crippen molar-refractivity contribution in [2.45, 2.75) is 97.2 Å². The van der Waals surface area contributed by atoms with Crippen molar-refractivity contribution in [3.63, 3.8) is 0 Å². The van der Waals surface area contributed by atoms with E-state index in [1.807, 2.05) is 121 Å². The number of ketones is 1. The fraction of sp³-hybridized carbons (Fsp3) is 0.263. The van der Waals surface area contributed by atoms with Crippen LogP contribution in [0.15, 0.2) is 212 Å². The lowest BCUT2D eigenvalue weighted by Crippen LogP contribution is -2.44. The van der Waals surface area contributed by atoms with E-state index in [-0.39, 0.29) is 29.5 Å². The third kappa shape index (κ3) is 23.4. The van der Waals surface area contributed by atoms with Crippen LogP contribution in [0.25, 0.3) is 0 Å². The third-order valence-corrected chi connectivity index (χ3v) is 20.4. The highest BCUT2D eigenvalue weighted by Gasteiger charge is 2.37. The standard InChI is InChI=1S/4C19H19NO5.C11H11NO4.C8H9ClO/c3*1-12-18(21)20(11-13-4-7-15(23-2)8-5-13)16-10-14(19(22)24-3)6-9-17(16)25-12;1-12-19(23)20(10-13-3-6-15(24-2)7-4-13)16-9-14(17(22)11-21)5-8-18(16)25-12;1-6-10(13)12-8-5-7(11(14)15-2)3-4-9(8)16-6;1-10-8-4-2-7(6-9)3-5-8/h3*4-10,12H,11H2,1-3H3;3-9,12,21H,10-11H2,1-2H3;3-6H,1-2H3,(H,12,13);2-5H,6H2,1H3/t2*12-;;12-;;/m10.1../s1. The summed E-state index contributed by atoms with van der Waals surface area (Å²) in [5, 5.41) is 11.7. The van der Waals surface area contributed by atoms with Gasteiger partial charge in [0.1, 0.15) is 64.1 Å². The zero-order chi connectivity index (χ0) is 91.0. The first-order valence-corrected chi connectivity index (χ1v) is 39.9. The molecule has 5 amide bonds. The number of Topliss-reactive ketones (excluding diaryl/α,β-unsaturated/α-hetero) is 1. The van der Waals surface area contributed by atoms with Gasteiger partial charge in [0, 0.05) is 11.4 Å². The summed E-state index contributed by atoms with van der Waals surface area (Å²) in [6, 6.07) is 62.0. The van der Waals surface area contributed by atoms with Gasteiger partial charge in [-0.15, -0.1) is 11.6 Å². The second-order valence-corrected chi connectivity index (χ2v) is 28.6. The summed E-state index contributed by atoms with van der Waals surface area (Å²) in [5.74, 6) is 4.07. The number of aliphatic hydroxyl groups is 1. The van der Waals surface area contributed by atoms with Gasteiger partial charge in [-0.2, -0.15) is 0 Å². The molecular weight excluding hydrogens is 1650 g/mol. The first kappa shape index (κ1) is 93.6. The zero-order valence-corrected chi connectivity index (χ0v) is 72.5. The highest BCUT2D eigenvalue weighted by molar-refractivity contribution is 6.17. The Morgan fingerprint density at radius 3 is 0.794 bits per heavy atom. The molecule has 0 bridgehead atoms. The second-order valence-electron chi connectivity index (χ2n) is 28.3. The lowest BCUT2D eigenvalue weighted by Gasteiger charge is -2.33. The molecule has 5 atom stereocenters. The van der Waals surface area contributed by atoms with Crippen LogP contribution >= 0.6 is 11.6 Å². The van der Waals surface area contributed by atoms with Gasteiger partial charge >= 0.3 is 23.9 Å². The van der Waals surface area contributed by atoms with Crippen LogP contribution in [-0.4, -0.2) is 165 Å². The molecule has 0 saturated heterocycles. The van der Waals surface area contributed by atoms with Gasteiger partial charge in [0.25, 0.3) is 29.5 Å². The Morgan fingerprint density at radius 1 is 0.317 bits per heavy atom. The number of halogens is 1. The van der Waals surface area contributed by atoms with E-state index < -0.39 is 66.8 Å². The fourth-order valence-electron chi connectivity index (χ4n) is 13.1. The van der Waals surface area contributed by atoms with Crippen molar-refractivity contribution in [3.05, 3.63) is 268 Å². The predicted molar refractivity (Wildman–Crippen MR) is 467 cm³/mol. The van der Waals surface area contributed by atoms with E-state index in [1.165, 1.54) is 34.5 Å². The molecule has 126 heavy (non-hydrogen) atoms. The van der Waals surface area contributed by atoms with E-state index in [9.17, 15) is 47.9 Å². The fourth-order valence-corrected chi connectivity index (χ4v) is 13.3. The molecule has 10 aromatic rings. The van der Waals surface area contributed by atoms with Crippen LogP contribution in [0, 0.1) is 0 Å². The molecule has 2 unspecified atom stereocenters. The van der Waals surface area contributed by atoms with Crippen molar-refractivity contribution in [2.75, 3.05) is 95.5 Å². The van der Waals surface area contributed by atoms with Crippen molar-refractivity contribution >= 4 is 99.2 Å². The number of esters is 4. The predicted octanol–water partition coefficient (Wildman–Crippen LogP) is 14.2. The van der Waals surface area contributed by atoms with Gasteiger partial charge < -0.3 is 96.3 Å². The number of methoxy groups -OCH3 is 9. The number of ether oxygens (including phenoxy) is 14. The number of nitrogens with one attached hydrogen (secondary N) is 1. The van der Waals surface area contributed by atoms with Gasteiger partial charge in [-0.05, 0) is 214 Å². The van der Waals surface area contributed by atoms with Gasteiger partial charge in [0.2, 0.25) is 0 Å². The third-order valence-electron chi connectivity index (χ3n) is 20.0. The molecule has 0 saturated carbocycles. The smallest absolute Gasteiger partial charge is 0.337 e. The van der Waals surface area contributed by atoms with Crippen LogP contribution in [0.3, 0.4) is 0 Å². The number of benzene rings is 10. The molecule has 2 N–H and O–H groups in total. The molecule has 31 heteroatoms. The van der Waals surface area contributed by atoms with E-state index in [0.717, 1.165) is 56.6 Å². The summed E-state index contributed by atoms with van der Waals surface area (Å²) in [7, 11) is 13.3. The molecule has 0 aromatic heterocycles. The maximum absolute atomic E-state index is 12.6. The highest BCUT2D eigenvalue weighted by Crippen LogP contribution is 2.42. The van der Waals surface area contributed by atoms with E-state index in [0.29, 0.717) is 117 Å². The second kappa shape index (κ2) is 43.9. The summed E-state index contributed by atoms with van der Waals surface area (Å²) in [6.07, 6.45) is -2.89. The molecule has 5 heterocycles. The number of carbonyl (C=O) groups is 10. The summed E-state index contributed by atoms with van der Waals surface area (Å²) in [4.78, 5) is 127. The molecule has 15 rings (SSSR count). The van der Waals surface area contributed by atoms with Crippen LogP contribution in [0.2, 0.25) is 0 Å². The van der Waals surface area contributed by atoms with Crippen molar-refractivity contribution in [2.24, 2.45) is 0 Å². The first-order chi connectivity index (χ1) is 60.6. The molecule has 30 nitrogen and oxygen atoms in total. The van der Waals surface area contributed by atoms with Crippen LogP contribution in [0.4, 0.5) is 28.4 Å². The summed E-state index contributed by atoms with van der Waals surface area (Å²) in [5.41, 5.74) is 9.37. The molecular formula is C95H96ClN5O25. The Hall–Kier alpha value is -14.7. The number of carbonyl (C=O) groups excluding carboxylic acids is 10. The lowest BCUT2D eigenvalue weighted by molar-refractivity contribution is -0.126. The number of hydrogen-bond donors (Lipinski definition) is 2. The van der Waals surface area contributed by atoms with E-state index in [1.54, 1.807) is 175 Å². The number of aliphatic hydroxyl groups excluding tert-OH is 1. The molecule has 5 aliphatic heterocycles. The molecule has 658 valence electrons. The number of amides is 5. The van der Waals surface area contributed by atoms with Gasteiger partial charge in [-0.3, -0.25) is 28.8 Å². The molecule has 0 aliphatic carbocycles. The monoisotopic (exact) mass is 1740 g/mol. The SMILES string of the molecule is COC(=O)c1ccc2c(c1)N(Cc1ccc(OC)cc1)C(=O)C(C)O2.COC(=O)c1ccc2c(c1)N(Cc1ccc(OC)cc1)C(=O)[C@@H](C)O2.COC(=O)c1ccc2c(c1)N(Cc1ccc(OC)cc1)C(=O)[C@H](C)O2.COC(=O)c1ccc2c(c1)NC(=O)C(C)O2.COc1ccc(CCl)cc1.COc1ccc(CN2C(=O)[C@@H](C)Oc3ccc(C(=O)CO)cc32)cc1. The highest BCUT2D eigenvalue weighted by atomic mass is 35.5. The quantitative estimate of drug-likeness (QED) is 0.0310. The number of fused-ring (bicyclic) bond motifs is 5. The van der Waals surface area contributed by atoms with Gasteiger partial charge in [-0.25, -0.2) is 19.2 Å². The number of rotatable bonds is 20. The lowest BCUT2D eigenvalue weighted by atomic mass is 10.1. The van der Waals surface area contributed by atoms with Gasteiger partial charge in [-0.1, -0.05) is 60.7 Å². The Labute approximate surface area is 733 Å². The average Bonchev–Trinajstić information content (AvgIpc) is 0.816. The normalized spacial score (nSPS) is 15.8. The van der Waals surface area contributed by atoms with E-state index in [4.69, 9.17) is 78.3 Å². The van der Waals surface area contributed by atoms with Gasteiger partial charge in [0.05, 0.1) is 141 Å². The number of hydrogen-bond acceptors (Lipinski definition) is 25. The molecule has 5 aliphatic rings. The largest absolute Gasteiger partial charge is 0.497 e. The minimum absolute atomic E-state index is 0.162. The summed E-state index contributed by atoms with van der Waals surface area (Å²) >= 11 is 5.58. The number of anilines is 5. The zero-order valence-electron chi connectivity index (χ0n) is 71.7. The van der Waals surface area contributed by atoms with Crippen LogP contribution in [0.1, 0.15) is 114 Å². The van der Waals surface area contributed by atoms with Crippen molar-refractivity contribution in [3.8, 4) is 57.5 Å². The molecule has 10 aromatic carbocycles. The molecule has 0 fully saturated rings. The Kier molecular flexibility index (Phi) is 32.6. The summed E-state index contributed by atoms with van der Waals surface area (Å²) in [6.45, 7) is 9.35. The van der Waals surface area contributed by atoms with E-state index >= 15 is 0 Å². The van der Waals surface area contributed by atoms with E-state index in [2.05, 4.69) is 10.1 Å². The van der Waals surface area contributed by atoms with Crippen molar-refractivity contribution < 1.29 is 119 Å². The van der Waals surface area contributed by atoms with Crippen LogP contribution < -0.4 is 72.3 Å². The minimum Gasteiger partial charge on any atom is -0.497 e. The first-order valence-electron chi connectivity index (χ1n) is 39.4. The average molecular weight is 1740 g/mol. The van der Waals surface area contributed by atoms with Crippen LogP contribution in [0.5, 0.6) is 57.5 Å². The Bertz CT molecular complexity index is 4990. The molecule has 0 radical (unpaired) electrons. The summed E-state index contributed by atoms with van der Waals surface area (Å²) < 4.78 is 72.4. The van der Waals surface area contributed by atoms with Crippen LogP contribution in [-0.2, 0) is 75.0 Å². The minimum atomic E-state index is -0.606. The number of nitrogens with zero attached hydrogens (tertiary/aromatic N) is 4. The maximum Gasteiger partial charge on any atom is 0.337 e. The van der Waals surface area contributed by atoms with Crippen molar-refractivity contribution in [1.82, 2.24) is 0 Å². The number of alkyl halides is 1.